The lowest BCUT2D eigenvalue weighted by Gasteiger charge is -2.26. The number of urea groups is 1. The van der Waals surface area contributed by atoms with Gasteiger partial charge in [-0.1, -0.05) is 31.1 Å². The minimum Gasteiger partial charge on any atom is -0.494 e. The molecule has 1 aromatic carbocycles. The maximum Gasteiger partial charge on any atom is 0.322 e. The zero-order valence-corrected chi connectivity index (χ0v) is 18.1. The topological polar surface area (TPSA) is 83.6 Å². The number of thiazole rings is 1. The molecule has 2 aromatic rings. The zero-order valence-electron chi connectivity index (χ0n) is 17.3. The molecule has 30 heavy (non-hydrogen) atoms. The lowest BCUT2D eigenvalue weighted by Crippen LogP contribution is -2.38. The lowest BCUT2D eigenvalue weighted by atomic mass is 9.85. The summed E-state index contributed by atoms with van der Waals surface area (Å²) in [6.45, 7) is 3.95. The number of amides is 3. The first-order chi connectivity index (χ1) is 14.6. The molecule has 1 fully saturated rings. The maximum absolute atomic E-state index is 12.7. The predicted octanol–water partition coefficient (Wildman–Crippen LogP) is 4.65. The molecule has 0 saturated heterocycles. The number of carbonyl (C=O) groups excluding carboxylic acids is 2. The number of aromatic nitrogens is 1. The standard InChI is InChI=1S/C22H28N4O3S/c1-2-3-13-29-17-9-7-16(8-10-17)23-22(28)26-12-11-18-19(14-26)30-21(24-18)25-20(27)15-5-4-6-15/h7-10,15H,2-6,11-14H2,1H3,(H,23,28)(H,24,25,27). The molecule has 0 bridgehead atoms. The third-order valence-electron chi connectivity index (χ3n) is 5.60. The van der Waals surface area contributed by atoms with Crippen LogP contribution >= 0.6 is 11.3 Å². The van der Waals surface area contributed by atoms with Crippen LogP contribution in [0.25, 0.3) is 0 Å². The van der Waals surface area contributed by atoms with Gasteiger partial charge in [-0.25, -0.2) is 9.78 Å². The fourth-order valence-electron chi connectivity index (χ4n) is 3.47. The number of nitrogens with one attached hydrogen (secondary N) is 2. The molecular formula is C22H28N4O3S. The minimum atomic E-state index is -0.131. The smallest absolute Gasteiger partial charge is 0.322 e. The molecule has 0 atom stereocenters. The van der Waals surface area contributed by atoms with E-state index in [9.17, 15) is 9.59 Å². The highest BCUT2D eigenvalue weighted by molar-refractivity contribution is 7.15. The van der Waals surface area contributed by atoms with Gasteiger partial charge in [0.2, 0.25) is 5.91 Å². The minimum absolute atomic E-state index is 0.0732. The molecule has 2 aliphatic rings. The van der Waals surface area contributed by atoms with Crippen LogP contribution in [0, 0.1) is 5.92 Å². The Balaban J connectivity index is 1.30. The average molecular weight is 429 g/mol. The summed E-state index contributed by atoms with van der Waals surface area (Å²) in [5, 5.41) is 6.55. The monoisotopic (exact) mass is 428 g/mol. The van der Waals surface area contributed by atoms with Crippen molar-refractivity contribution in [1.82, 2.24) is 9.88 Å². The van der Waals surface area contributed by atoms with Crippen molar-refractivity contribution in [1.29, 1.82) is 0 Å². The SMILES string of the molecule is CCCCOc1ccc(NC(=O)N2CCc3nc(NC(=O)C4CCC4)sc3C2)cc1. The van der Waals surface area contributed by atoms with Gasteiger partial charge in [-0.05, 0) is 43.5 Å². The molecule has 1 aromatic heterocycles. The molecule has 0 unspecified atom stereocenters. The molecule has 1 aliphatic heterocycles. The van der Waals surface area contributed by atoms with Gasteiger partial charge in [-0.2, -0.15) is 0 Å². The highest BCUT2D eigenvalue weighted by Gasteiger charge is 2.28. The van der Waals surface area contributed by atoms with Gasteiger partial charge in [-0.15, -0.1) is 0 Å². The number of rotatable bonds is 7. The summed E-state index contributed by atoms with van der Waals surface area (Å²) < 4.78 is 5.66. The van der Waals surface area contributed by atoms with Crippen LogP contribution in [0.2, 0.25) is 0 Å². The van der Waals surface area contributed by atoms with E-state index in [4.69, 9.17) is 4.74 Å². The number of hydrogen-bond donors (Lipinski definition) is 2. The van der Waals surface area contributed by atoms with Gasteiger partial charge >= 0.3 is 6.03 Å². The van der Waals surface area contributed by atoms with Crippen molar-refractivity contribution in [2.24, 2.45) is 5.92 Å². The normalized spacial score (nSPS) is 15.8. The summed E-state index contributed by atoms with van der Waals surface area (Å²) in [6.07, 6.45) is 5.89. The van der Waals surface area contributed by atoms with Crippen molar-refractivity contribution < 1.29 is 14.3 Å². The van der Waals surface area contributed by atoms with E-state index < -0.39 is 0 Å². The lowest BCUT2D eigenvalue weighted by molar-refractivity contribution is -0.122. The number of benzene rings is 1. The Hall–Kier alpha value is -2.61. The summed E-state index contributed by atoms with van der Waals surface area (Å²) in [6, 6.07) is 7.33. The maximum atomic E-state index is 12.7. The molecule has 160 valence electrons. The van der Waals surface area contributed by atoms with E-state index in [0.717, 1.165) is 54.1 Å². The van der Waals surface area contributed by atoms with E-state index >= 15 is 0 Å². The van der Waals surface area contributed by atoms with Gasteiger partial charge in [0.15, 0.2) is 5.13 Å². The van der Waals surface area contributed by atoms with Crippen LogP contribution < -0.4 is 15.4 Å². The molecule has 0 spiro atoms. The second-order valence-electron chi connectivity index (χ2n) is 7.83. The van der Waals surface area contributed by atoms with E-state index in [1.807, 2.05) is 24.3 Å². The van der Waals surface area contributed by atoms with Crippen molar-refractivity contribution >= 4 is 34.1 Å². The van der Waals surface area contributed by atoms with Gasteiger partial charge in [-0.3, -0.25) is 4.79 Å². The van der Waals surface area contributed by atoms with Gasteiger partial charge in [0, 0.05) is 29.4 Å². The van der Waals surface area contributed by atoms with E-state index in [0.29, 0.717) is 31.2 Å². The Morgan fingerprint density at radius 2 is 2.03 bits per heavy atom. The molecule has 1 aliphatic carbocycles. The third kappa shape index (κ3) is 4.92. The van der Waals surface area contributed by atoms with Gasteiger partial charge in [0.25, 0.3) is 0 Å². The first kappa shape index (κ1) is 20.7. The summed E-state index contributed by atoms with van der Waals surface area (Å²) in [7, 11) is 0. The number of unbranched alkanes of at least 4 members (excludes halogenated alkanes) is 1. The third-order valence-corrected chi connectivity index (χ3v) is 6.59. The highest BCUT2D eigenvalue weighted by Crippen LogP contribution is 2.31. The number of hydrogen-bond acceptors (Lipinski definition) is 5. The number of ether oxygens (including phenoxy) is 1. The number of nitrogens with zero attached hydrogens (tertiary/aromatic N) is 2. The van der Waals surface area contributed by atoms with Gasteiger partial charge < -0.3 is 20.3 Å². The predicted molar refractivity (Wildman–Crippen MR) is 118 cm³/mol. The molecule has 3 amide bonds. The van der Waals surface area contributed by atoms with Crippen LogP contribution in [0.5, 0.6) is 5.75 Å². The number of fused-ring (bicyclic) bond motifs is 1. The van der Waals surface area contributed by atoms with E-state index in [1.165, 1.54) is 11.3 Å². The molecule has 2 heterocycles. The van der Waals surface area contributed by atoms with Crippen LogP contribution in [0.15, 0.2) is 24.3 Å². The van der Waals surface area contributed by atoms with E-state index in [1.54, 1.807) is 4.90 Å². The molecule has 4 rings (SSSR count). The quantitative estimate of drug-likeness (QED) is 0.629. The summed E-state index contributed by atoms with van der Waals surface area (Å²) in [4.78, 5) is 32.2. The Labute approximate surface area is 180 Å². The molecule has 0 radical (unpaired) electrons. The summed E-state index contributed by atoms with van der Waals surface area (Å²) in [5.41, 5.74) is 1.73. The first-order valence-electron chi connectivity index (χ1n) is 10.7. The number of anilines is 2. The van der Waals surface area contributed by atoms with Crippen LogP contribution in [0.3, 0.4) is 0 Å². The average Bonchev–Trinajstić information content (AvgIpc) is 3.09. The molecule has 7 nitrogen and oxygen atoms in total. The van der Waals surface area contributed by atoms with Gasteiger partial charge in [0.05, 0.1) is 18.8 Å². The van der Waals surface area contributed by atoms with Crippen molar-refractivity contribution in [3.05, 3.63) is 34.8 Å². The Kier molecular flexibility index (Phi) is 6.52. The molecule has 2 N–H and O–H groups in total. The van der Waals surface area contributed by atoms with Crippen LogP contribution in [-0.4, -0.2) is 35.0 Å². The highest BCUT2D eigenvalue weighted by atomic mass is 32.1. The Morgan fingerprint density at radius 1 is 1.23 bits per heavy atom. The van der Waals surface area contributed by atoms with Crippen LogP contribution in [0.4, 0.5) is 15.6 Å². The van der Waals surface area contributed by atoms with E-state index in [-0.39, 0.29) is 17.9 Å². The number of carbonyl (C=O) groups is 2. The van der Waals surface area contributed by atoms with Crippen molar-refractivity contribution in [2.45, 2.75) is 52.0 Å². The molecule has 8 heteroatoms. The van der Waals surface area contributed by atoms with Crippen molar-refractivity contribution in [3.63, 3.8) is 0 Å². The van der Waals surface area contributed by atoms with Crippen LogP contribution in [0.1, 0.15) is 49.6 Å². The fourth-order valence-corrected chi connectivity index (χ4v) is 4.50. The van der Waals surface area contributed by atoms with Crippen molar-refractivity contribution in [3.8, 4) is 5.75 Å². The van der Waals surface area contributed by atoms with E-state index in [2.05, 4.69) is 22.5 Å². The Morgan fingerprint density at radius 3 is 2.73 bits per heavy atom. The van der Waals surface area contributed by atoms with Crippen LogP contribution in [-0.2, 0) is 17.8 Å². The molecule has 1 saturated carbocycles. The second kappa shape index (κ2) is 9.47. The second-order valence-corrected chi connectivity index (χ2v) is 8.92. The fraction of sp³-hybridized carbons (Fsp3) is 0.500. The largest absolute Gasteiger partial charge is 0.494 e. The zero-order chi connectivity index (χ0) is 20.9. The van der Waals surface area contributed by atoms with Crippen molar-refractivity contribution in [2.75, 3.05) is 23.8 Å². The first-order valence-corrected chi connectivity index (χ1v) is 11.5. The van der Waals surface area contributed by atoms with Gasteiger partial charge in [0.1, 0.15) is 5.75 Å². The Bertz CT molecular complexity index is 892. The summed E-state index contributed by atoms with van der Waals surface area (Å²) >= 11 is 1.47. The summed E-state index contributed by atoms with van der Waals surface area (Å²) in [5.74, 6) is 1.02. The molecular weight excluding hydrogens is 400 g/mol.